The summed E-state index contributed by atoms with van der Waals surface area (Å²) in [5.74, 6) is 0.986. The first-order valence-corrected chi connectivity index (χ1v) is 4.06. The van der Waals surface area contributed by atoms with E-state index in [1.165, 1.54) is 25.8 Å². The summed E-state index contributed by atoms with van der Waals surface area (Å²) in [5, 5.41) is 3.50. The van der Waals surface area contributed by atoms with E-state index in [-0.39, 0.29) is 0 Å². The second-order valence-corrected chi connectivity index (χ2v) is 3.23. The minimum atomic E-state index is 0.861. The van der Waals surface area contributed by atoms with Crippen LogP contribution >= 0.6 is 0 Å². The molecule has 0 aliphatic heterocycles. The van der Waals surface area contributed by atoms with Crippen LogP contribution < -0.4 is 5.32 Å². The maximum atomic E-state index is 3.50. The summed E-state index contributed by atoms with van der Waals surface area (Å²) in [5.41, 5.74) is 0. The highest BCUT2D eigenvalue weighted by Gasteiger charge is 2.23. The van der Waals surface area contributed by atoms with E-state index in [1.807, 2.05) is 0 Å². The maximum absolute atomic E-state index is 3.50. The number of nitrogens with one attached hydrogen (secondary N) is 1. The van der Waals surface area contributed by atoms with Crippen LogP contribution in [0.25, 0.3) is 0 Å². The first-order valence-electron chi connectivity index (χ1n) is 4.06. The van der Waals surface area contributed by atoms with Gasteiger partial charge in [-0.1, -0.05) is 13.8 Å². The number of hydrogen-bond donors (Lipinski definition) is 1. The van der Waals surface area contributed by atoms with Gasteiger partial charge in [-0.15, -0.1) is 0 Å². The molecule has 1 fully saturated rings. The maximum Gasteiger partial charge on any atom is 0.00721 e. The average molecular weight is 127 g/mol. The molecule has 54 valence electrons. The molecule has 0 amide bonds. The van der Waals surface area contributed by atoms with Gasteiger partial charge in [0.2, 0.25) is 0 Å². The Hall–Kier alpha value is -0.0400. The van der Waals surface area contributed by atoms with Crippen molar-refractivity contribution in [3.8, 4) is 0 Å². The predicted molar refractivity (Wildman–Crippen MR) is 40.5 cm³/mol. The molecule has 0 bridgehead atoms. The van der Waals surface area contributed by atoms with E-state index in [2.05, 4.69) is 19.2 Å². The van der Waals surface area contributed by atoms with Gasteiger partial charge < -0.3 is 5.32 Å². The van der Waals surface area contributed by atoms with E-state index in [1.54, 1.807) is 0 Å². The topological polar surface area (TPSA) is 12.0 Å². The highest BCUT2D eigenvalue weighted by atomic mass is 14.9. The summed E-state index contributed by atoms with van der Waals surface area (Å²) < 4.78 is 0. The molecule has 0 unspecified atom stereocenters. The molecule has 0 saturated heterocycles. The van der Waals surface area contributed by atoms with Gasteiger partial charge in [-0.2, -0.15) is 0 Å². The van der Waals surface area contributed by atoms with Crippen LogP contribution in [-0.4, -0.2) is 12.6 Å². The van der Waals surface area contributed by atoms with E-state index in [9.17, 15) is 0 Å². The van der Waals surface area contributed by atoms with Gasteiger partial charge in [0, 0.05) is 6.04 Å². The van der Waals surface area contributed by atoms with Crippen LogP contribution in [0.3, 0.4) is 0 Å². The third-order valence-corrected chi connectivity index (χ3v) is 2.06. The quantitative estimate of drug-likeness (QED) is 0.609. The molecule has 1 heteroatoms. The lowest BCUT2D eigenvalue weighted by atomic mass is 9.82. The Morgan fingerprint density at radius 2 is 2.11 bits per heavy atom. The molecule has 1 N–H and O–H groups in total. The van der Waals surface area contributed by atoms with Crippen molar-refractivity contribution >= 4 is 0 Å². The van der Waals surface area contributed by atoms with Gasteiger partial charge in [0.1, 0.15) is 0 Å². The second-order valence-electron chi connectivity index (χ2n) is 3.23. The Bertz CT molecular complexity index is 74.6. The molecule has 1 aliphatic rings. The highest BCUT2D eigenvalue weighted by Crippen LogP contribution is 2.25. The lowest BCUT2D eigenvalue weighted by molar-refractivity contribution is 0.242. The van der Waals surface area contributed by atoms with Gasteiger partial charge in [-0.3, -0.25) is 0 Å². The molecule has 0 aromatic carbocycles. The van der Waals surface area contributed by atoms with Crippen LogP contribution in [0.5, 0.6) is 0 Å². The van der Waals surface area contributed by atoms with E-state index < -0.39 is 0 Å². The van der Waals surface area contributed by atoms with Crippen LogP contribution in [0.15, 0.2) is 0 Å². The van der Waals surface area contributed by atoms with Crippen molar-refractivity contribution in [2.24, 2.45) is 5.92 Å². The monoisotopic (exact) mass is 127 g/mol. The summed E-state index contributed by atoms with van der Waals surface area (Å²) in [6.07, 6.45) is 4.07. The summed E-state index contributed by atoms with van der Waals surface area (Å²) in [6.45, 7) is 5.75. The normalized spacial score (nSPS) is 34.0. The Kier molecular flexibility index (Phi) is 2.52. The lowest BCUT2D eigenvalue weighted by Gasteiger charge is -2.33. The summed E-state index contributed by atoms with van der Waals surface area (Å²) in [7, 11) is 0. The van der Waals surface area contributed by atoms with Crippen molar-refractivity contribution in [2.45, 2.75) is 39.2 Å². The van der Waals surface area contributed by atoms with Crippen LogP contribution in [0.1, 0.15) is 33.1 Å². The molecular formula is C8H17N. The van der Waals surface area contributed by atoms with Crippen molar-refractivity contribution < 1.29 is 0 Å². The van der Waals surface area contributed by atoms with Gasteiger partial charge >= 0.3 is 0 Å². The van der Waals surface area contributed by atoms with Gasteiger partial charge in [0.15, 0.2) is 0 Å². The molecule has 0 heterocycles. The first kappa shape index (κ1) is 7.07. The van der Waals surface area contributed by atoms with Crippen LogP contribution in [0, 0.1) is 5.92 Å². The third-order valence-electron chi connectivity index (χ3n) is 2.06. The van der Waals surface area contributed by atoms with Crippen LogP contribution in [0.2, 0.25) is 0 Å². The Morgan fingerprint density at radius 1 is 1.44 bits per heavy atom. The van der Waals surface area contributed by atoms with Gasteiger partial charge in [0.05, 0.1) is 0 Å². The minimum Gasteiger partial charge on any atom is -0.314 e. The zero-order chi connectivity index (χ0) is 6.69. The van der Waals surface area contributed by atoms with Gasteiger partial charge in [-0.25, -0.2) is 0 Å². The largest absolute Gasteiger partial charge is 0.314 e. The minimum absolute atomic E-state index is 0.861. The zero-order valence-corrected chi connectivity index (χ0v) is 6.48. The number of hydrogen-bond acceptors (Lipinski definition) is 1. The lowest BCUT2D eigenvalue weighted by Crippen LogP contribution is -2.40. The van der Waals surface area contributed by atoms with E-state index in [0.29, 0.717) is 0 Å². The smallest absolute Gasteiger partial charge is 0.00721 e. The molecule has 0 aromatic heterocycles. The fraction of sp³-hybridized carbons (Fsp3) is 1.00. The predicted octanol–water partition coefficient (Wildman–Crippen LogP) is 1.78. The Morgan fingerprint density at radius 3 is 2.56 bits per heavy atom. The molecule has 0 atom stereocenters. The second kappa shape index (κ2) is 3.21. The average Bonchev–Trinajstić information content (AvgIpc) is 1.78. The fourth-order valence-corrected chi connectivity index (χ4v) is 1.42. The summed E-state index contributed by atoms with van der Waals surface area (Å²) in [4.78, 5) is 0. The van der Waals surface area contributed by atoms with E-state index in [0.717, 1.165) is 12.0 Å². The molecule has 0 spiro atoms. The van der Waals surface area contributed by atoms with Crippen molar-refractivity contribution in [3.05, 3.63) is 0 Å². The van der Waals surface area contributed by atoms with Gasteiger partial charge in [-0.05, 0) is 31.7 Å². The molecular weight excluding hydrogens is 110 g/mol. The highest BCUT2D eigenvalue weighted by molar-refractivity contribution is 4.81. The zero-order valence-electron chi connectivity index (χ0n) is 6.48. The molecule has 0 aromatic rings. The van der Waals surface area contributed by atoms with Crippen molar-refractivity contribution in [2.75, 3.05) is 6.54 Å². The van der Waals surface area contributed by atoms with Gasteiger partial charge in [0.25, 0.3) is 0 Å². The molecule has 9 heavy (non-hydrogen) atoms. The first-order chi connectivity index (χ1) is 4.33. The third kappa shape index (κ3) is 1.98. The Balaban J connectivity index is 1.91. The molecule has 0 radical (unpaired) electrons. The Labute approximate surface area is 57.8 Å². The van der Waals surface area contributed by atoms with Crippen LogP contribution in [-0.2, 0) is 0 Å². The van der Waals surface area contributed by atoms with Crippen molar-refractivity contribution in [1.82, 2.24) is 5.32 Å². The summed E-state index contributed by atoms with van der Waals surface area (Å²) in [6, 6.07) is 0.861. The standard InChI is InChI=1S/C8H17N/c1-3-4-9-8-5-7(2)6-8/h7-9H,3-6H2,1-2H3. The number of rotatable bonds is 3. The van der Waals surface area contributed by atoms with E-state index in [4.69, 9.17) is 0 Å². The van der Waals surface area contributed by atoms with E-state index >= 15 is 0 Å². The van der Waals surface area contributed by atoms with Crippen molar-refractivity contribution in [3.63, 3.8) is 0 Å². The molecule has 1 rings (SSSR count). The van der Waals surface area contributed by atoms with Crippen LogP contribution in [0.4, 0.5) is 0 Å². The fourth-order valence-electron chi connectivity index (χ4n) is 1.42. The molecule has 1 saturated carbocycles. The SMILES string of the molecule is CCCNC1CC(C)C1. The van der Waals surface area contributed by atoms with Crippen molar-refractivity contribution in [1.29, 1.82) is 0 Å². The molecule has 1 nitrogen and oxygen atoms in total. The molecule has 1 aliphatic carbocycles. The summed E-state index contributed by atoms with van der Waals surface area (Å²) >= 11 is 0.